The van der Waals surface area contributed by atoms with Gasteiger partial charge in [-0.25, -0.2) is 21.1 Å². The Labute approximate surface area is 232 Å². The normalized spacial score (nSPS) is 15.0. The number of benzene rings is 3. The Bertz CT molecular complexity index is 1710. The molecule has 1 fully saturated rings. The zero-order valence-electron chi connectivity index (χ0n) is 21.0. The van der Waals surface area contributed by atoms with Crippen LogP contribution in [0.1, 0.15) is 32.1 Å². The van der Waals surface area contributed by atoms with Crippen molar-refractivity contribution in [3.8, 4) is 0 Å². The number of nitrogens with one attached hydrogen (secondary N) is 2. The molecule has 0 amide bonds. The van der Waals surface area contributed by atoms with Crippen LogP contribution in [0.5, 0.6) is 0 Å². The lowest BCUT2D eigenvalue weighted by molar-refractivity contribution is -0.384. The van der Waals surface area contributed by atoms with E-state index < -0.39 is 51.4 Å². The molecule has 4 N–H and O–H groups in total. The SMILES string of the molecule is Nc1ccc(N(c2ccc(S(=O)(=O)NS(=O)(=O)c3ccccc3)cc2[N+](=O)[O-])S(=O)(=O)NC2CCCCC2)cc1. The van der Waals surface area contributed by atoms with Crippen molar-refractivity contribution in [1.82, 2.24) is 8.85 Å². The number of anilines is 3. The Kier molecular flexibility index (Phi) is 8.46. The van der Waals surface area contributed by atoms with Crippen molar-refractivity contribution in [3.05, 3.63) is 82.9 Å². The zero-order chi connectivity index (χ0) is 29.1. The Morgan fingerprint density at radius 2 is 1.40 bits per heavy atom. The molecule has 4 rings (SSSR count). The maximum atomic E-state index is 13.6. The number of rotatable bonds is 10. The number of nitrogen functional groups attached to an aromatic ring is 1. The van der Waals surface area contributed by atoms with E-state index in [1.54, 1.807) is 10.2 Å². The van der Waals surface area contributed by atoms with E-state index in [4.69, 9.17) is 5.73 Å². The van der Waals surface area contributed by atoms with Gasteiger partial charge in [0.1, 0.15) is 5.69 Å². The first-order valence-electron chi connectivity index (χ1n) is 12.1. The highest BCUT2D eigenvalue weighted by Gasteiger charge is 2.35. The number of sulfonamides is 2. The van der Waals surface area contributed by atoms with Crippen LogP contribution in [-0.2, 0) is 30.3 Å². The van der Waals surface area contributed by atoms with Gasteiger partial charge in [-0.1, -0.05) is 37.5 Å². The number of nitrogens with zero attached hydrogens (tertiary/aromatic N) is 2. The third-order valence-corrected chi connectivity index (χ3v) is 11.3. The van der Waals surface area contributed by atoms with Gasteiger partial charge in [-0.2, -0.15) is 13.1 Å². The summed E-state index contributed by atoms with van der Waals surface area (Å²) in [5.41, 5.74) is 4.75. The first-order valence-corrected chi connectivity index (χ1v) is 16.5. The number of hydrogen-bond donors (Lipinski definition) is 3. The van der Waals surface area contributed by atoms with Crippen LogP contribution in [0.3, 0.4) is 0 Å². The summed E-state index contributed by atoms with van der Waals surface area (Å²) in [5.74, 6) is 0. The van der Waals surface area contributed by atoms with E-state index in [1.807, 2.05) is 0 Å². The third kappa shape index (κ3) is 6.59. The summed E-state index contributed by atoms with van der Waals surface area (Å²) in [7, 11) is -13.8. The average molecular weight is 610 g/mol. The van der Waals surface area contributed by atoms with Crippen molar-refractivity contribution in [3.63, 3.8) is 0 Å². The van der Waals surface area contributed by atoms with Gasteiger partial charge >= 0.3 is 10.2 Å². The second kappa shape index (κ2) is 11.5. The van der Waals surface area contributed by atoms with Gasteiger partial charge in [0.05, 0.1) is 20.4 Å². The smallest absolute Gasteiger partial charge is 0.306 e. The van der Waals surface area contributed by atoms with E-state index >= 15 is 0 Å². The predicted molar refractivity (Wildman–Crippen MR) is 149 cm³/mol. The van der Waals surface area contributed by atoms with Crippen molar-refractivity contribution < 1.29 is 30.2 Å². The second-order valence-electron chi connectivity index (χ2n) is 9.12. The molecule has 40 heavy (non-hydrogen) atoms. The monoisotopic (exact) mass is 609 g/mol. The standard InChI is InChI=1S/C24H27N5O8S3/c25-18-11-13-20(14-12-18)28(40(36,37)26-19-7-3-1-4-8-19)23-16-15-22(17-24(23)29(30)31)39(34,35)27-38(32,33)21-9-5-2-6-10-21/h2,5-6,9-17,19,26-27H,1,3-4,7-8,25H2. The zero-order valence-corrected chi connectivity index (χ0v) is 23.5. The van der Waals surface area contributed by atoms with Crippen LogP contribution in [0.2, 0.25) is 0 Å². The van der Waals surface area contributed by atoms with E-state index in [0.717, 1.165) is 31.4 Å². The molecule has 0 heterocycles. The Morgan fingerprint density at radius 1 is 0.800 bits per heavy atom. The van der Waals surface area contributed by atoms with Gasteiger partial charge in [0.15, 0.2) is 0 Å². The van der Waals surface area contributed by atoms with Crippen molar-refractivity contribution in [2.45, 2.75) is 47.9 Å². The van der Waals surface area contributed by atoms with Crippen LogP contribution in [0.25, 0.3) is 0 Å². The van der Waals surface area contributed by atoms with E-state index in [9.17, 15) is 35.4 Å². The Balaban J connectivity index is 1.79. The Hall–Kier alpha value is -3.57. The quantitative estimate of drug-likeness (QED) is 0.175. The summed E-state index contributed by atoms with van der Waals surface area (Å²) in [6.07, 6.45) is 3.79. The fourth-order valence-corrected chi connectivity index (χ4v) is 8.86. The van der Waals surface area contributed by atoms with Crippen molar-refractivity contribution in [2.24, 2.45) is 0 Å². The molecular formula is C24H27N5O8S3. The highest BCUT2D eigenvalue weighted by Crippen LogP contribution is 2.38. The molecule has 3 aromatic carbocycles. The van der Waals surface area contributed by atoms with Gasteiger partial charge < -0.3 is 5.73 Å². The maximum absolute atomic E-state index is 13.6. The molecule has 0 aliphatic heterocycles. The minimum absolute atomic E-state index is 0.0148. The van der Waals surface area contributed by atoms with E-state index in [1.165, 1.54) is 48.5 Å². The molecule has 16 heteroatoms. The summed E-state index contributed by atoms with van der Waals surface area (Å²) < 4.78 is 83.3. The fraction of sp³-hybridized carbons (Fsp3) is 0.250. The highest BCUT2D eigenvalue weighted by molar-refractivity contribution is 8.04. The molecule has 0 unspecified atom stereocenters. The van der Waals surface area contributed by atoms with Crippen LogP contribution in [0, 0.1) is 10.1 Å². The van der Waals surface area contributed by atoms with Gasteiger partial charge in [-0.15, -0.1) is 4.13 Å². The lowest BCUT2D eigenvalue weighted by atomic mass is 9.96. The minimum atomic E-state index is -4.84. The first kappa shape index (κ1) is 29.4. The summed E-state index contributed by atoms with van der Waals surface area (Å²) in [5, 5.41) is 12.1. The van der Waals surface area contributed by atoms with Gasteiger partial charge in [0.25, 0.3) is 25.7 Å². The van der Waals surface area contributed by atoms with Gasteiger partial charge in [0, 0.05) is 17.8 Å². The maximum Gasteiger partial charge on any atom is 0.306 e. The number of nitro groups is 1. The largest absolute Gasteiger partial charge is 0.399 e. The van der Waals surface area contributed by atoms with E-state index in [-0.39, 0.29) is 16.6 Å². The van der Waals surface area contributed by atoms with E-state index in [0.29, 0.717) is 28.9 Å². The number of hydrogen-bond acceptors (Lipinski definition) is 9. The number of nitrogens with two attached hydrogens (primary N) is 1. The fourth-order valence-electron chi connectivity index (χ4n) is 4.33. The molecule has 13 nitrogen and oxygen atoms in total. The van der Waals surface area contributed by atoms with Gasteiger partial charge in [0.2, 0.25) is 0 Å². The van der Waals surface area contributed by atoms with Crippen molar-refractivity contribution >= 4 is 53.0 Å². The molecule has 3 aromatic rings. The van der Waals surface area contributed by atoms with E-state index in [2.05, 4.69) is 4.72 Å². The van der Waals surface area contributed by atoms with Crippen LogP contribution in [0.4, 0.5) is 22.7 Å². The average Bonchev–Trinajstić information content (AvgIpc) is 2.90. The molecule has 0 radical (unpaired) electrons. The summed E-state index contributed by atoms with van der Waals surface area (Å²) >= 11 is 0. The predicted octanol–water partition coefficient (Wildman–Crippen LogP) is 3.15. The third-order valence-electron chi connectivity index (χ3n) is 6.23. The molecule has 214 valence electrons. The Morgan fingerprint density at radius 3 is 2.00 bits per heavy atom. The molecular weight excluding hydrogens is 582 g/mol. The van der Waals surface area contributed by atoms with Crippen LogP contribution in [0.15, 0.2) is 82.6 Å². The summed E-state index contributed by atoms with van der Waals surface area (Å²) in [4.78, 5) is 10.1. The van der Waals surface area contributed by atoms with Crippen LogP contribution < -0.4 is 18.9 Å². The van der Waals surface area contributed by atoms with Crippen LogP contribution >= 0.6 is 0 Å². The lowest BCUT2D eigenvalue weighted by Gasteiger charge is -2.29. The summed E-state index contributed by atoms with van der Waals surface area (Å²) in [6, 6.07) is 14.3. The molecule has 1 aliphatic rings. The molecule has 1 saturated carbocycles. The summed E-state index contributed by atoms with van der Waals surface area (Å²) in [6.45, 7) is 0. The molecule has 0 bridgehead atoms. The first-order chi connectivity index (χ1) is 18.8. The molecule has 0 saturated heterocycles. The highest BCUT2D eigenvalue weighted by atomic mass is 32.3. The lowest BCUT2D eigenvalue weighted by Crippen LogP contribution is -2.44. The topological polar surface area (TPSA) is 199 Å². The van der Waals surface area contributed by atoms with Gasteiger partial charge in [-0.3, -0.25) is 10.1 Å². The molecule has 0 spiro atoms. The minimum Gasteiger partial charge on any atom is -0.399 e. The van der Waals surface area contributed by atoms with Crippen LogP contribution in [-0.4, -0.2) is 36.2 Å². The second-order valence-corrected chi connectivity index (χ2v) is 14.3. The number of nitro benzene ring substituents is 1. The molecule has 0 aromatic heterocycles. The van der Waals surface area contributed by atoms with Crippen molar-refractivity contribution in [1.29, 1.82) is 0 Å². The van der Waals surface area contributed by atoms with Crippen molar-refractivity contribution in [2.75, 3.05) is 10.0 Å². The van der Waals surface area contributed by atoms with Gasteiger partial charge in [-0.05, 0) is 61.4 Å². The molecule has 1 aliphatic carbocycles. The molecule has 0 atom stereocenters.